The molecule has 0 radical (unpaired) electrons. The van der Waals surface area contributed by atoms with E-state index in [1.165, 1.54) is 0 Å². The maximum Gasteiger partial charge on any atom is 0.241 e. The summed E-state index contributed by atoms with van der Waals surface area (Å²) in [7, 11) is 3.98. The third-order valence-corrected chi connectivity index (χ3v) is 2.92. The predicted octanol–water partition coefficient (Wildman–Crippen LogP) is 2.13. The highest BCUT2D eigenvalue weighted by molar-refractivity contribution is 5.95. The van der Waals surface area contributed by atoms with Crippen LogP contribution in [0, 0.1) is 6.92 Å². The van der Waals surface area contributed by atoms with Crippen molar-refractivity contribution in [3.8, 4) is 0 Å². The van der Waals surface area contributed by atoms with Crippen molar-refractivity contribution >= 4 is 17.3 Å². The SMILES string of the molecule is CCC[C@@H](N)C(=O)Nc1ccc(N(C)C)cc1C. The molecule has 1 aromatic rings. The van der Waals surface area contributed by atoms with Gasteiger partial charge in [0, 0.05) is 25.5 Å². The molecular weight excluding hydrogens is 226 g/mol. The Hall–Kier alpha value is -1.55. The maximum absolute atomic E-state index is 11.8. The van der Waals surface area contributed by atoms with Crippen LogP contribution in [0.4, 0.5) is 11.4 Å². The van der Waals surface area contributed by atoms with Gasteiger partial charge in [-0.05, 0) is 37.1 Å². The summed E-state index contributed by atoms with van der Waals surface area (Å²) in [6.07, 6.45) is 1.62. The number of aryl methyl sites for hydroxylation is 1. The smallest absolute Gasteiger partial charge is 0.241 e. The Morgan fingerprint density at radius 3 is 2.61 bits per heavy atom. The van der Waals surface area contributed by atoms with Gasteiger partial charge in [0.1, 0.15) is 0 Å². The van der Waals surface area contributed by atoms with Crippen molar-refractivity contribution in [2.24, 2.45) is 5.73 Å². The monoisotopic (exact) mass is 249 g/mol. The van der Waals surface area contributed by atoms with E-state index >= 15 is 0 Å². The summed E-state index contributed by atoms with van der Waals surface area (Å²) in [4.78, 5) is 13.9. The van der Waals surface area contributed by atoms with Crippen LogP contribution in [0.3, 0.4) is 0 Å². The average molecular weight is 249 g/mol. The molecule has 0 aromatic heterocycles. The van der Waals surface area contributed by atoms with Crippen LogP contribution < -0.4 is 16.0 Å². The third-order valence-electron chi connectivity index (χ3n) is 2.92. The van der Waals surface area contributed by atoms with Crippen LogP contribution in [-0.4, -0.2) is 26.0 Å². The fourth-order valence-corrected chi connectivity index (χ4v) is 1.73. The molecule has 100 valence electrons. The number of nitrogens with two attached hydrogens (primary N) is 1. The van der Waals surface area contributed by atoms with Crippen molar-refractivity contribution in [1.29, 1.82) is 0 Å². The van der Waals surface area contributed by atoms with Gasteiger partial charge in [-0.1, -0.05) is 13.3 Å². The Morgan fingerprint density at radius 1 is 1.44 bits per heavy atom. The molecule has 0 unspecified atom stereocenters. The van der Waals surface area contributed by atoms with E-state index in [0.29, 0.717) is 6.42 Å². The van der Waals surface area contributed by atoms with E-state index in [-0.39, 0.29) is 5.91 Å². The number of hydrogen-bond acceptors (Lipinski definition) is 3. The molecule has 0 aliphatic rings. The summed E-state index contributed by atoms with van der Waals surface area (Å²) in [5.74, 6) is -0.113. The summed E-state index contributed by atoms with van der Waals surface area (Å²) in [6, 6.07) is 5.51. The Kier molecular flexibility index (Phi) is 5.16. The van der Waals surface area contributed by atoms with E-state index < -0.39 is 6.04 Å². The molecule has 0 bridgehead atoms. The largest absolute Gasteiger partial charge is 0.378 e. The molecule has 1 atom stereocenters. The van der Waals surface area contributed by atoms with Crippen molar-refractivity contribution in [2.45, 2.75) is 32.7 Å². The summed E-state index contributed by atoms with van der Waals surface area (Å²) in [5, 5.41) is 2.88. The standard InChI is InChI=1S/C14H23N3O/c1-5-6-12(15)14(18)16-13-8-7-11(17(3)4)9-10(13)2/h7-9,12H,5-6,15H2,1-4H3,(H,16,18)/t12-/m1/s1. The molecule has 1 aromatic carbocycles. The van der Waals surface area contributed by atoms with Gasteiger partial charge in [0.15, 0.2) is 0 Å². The van der Waals surface area contributed by atoms with E-state index in [4.69, 9.17) is 5.73 Å². The van der Waals surface area contributed by atoms with Crippen LogP contribution in [0.25, 0.3) is 0 Å². The molecule has 0 fully saturated rings. The van der Waals surface area contributed by atoms with Crippen LogP contribution in [0.2, 0.25) is 0 Å². The van der Waals surface area contributed by atoms with Gasteiger partial charge in [-0.25, -0.2) is 0 Å². The first-order valence-electron chi connectivity index (χ1n) is 6.30. The van der Waals surface area contributed by atoms with E-state index in [1.807, 2.05) is 51.0 Å². The molecule has 4 heteroatoms. The Labute approximate surface area is 109 Å². The van der Waals surface area contributed by atoms with Gasteiger partial charge in [-0.2, -0.15) is 0 Å². The minimum Gasteiger partial charge on any atom is -0.378 e. The highest BCUT2D eigenvalue weighted by atomic mass is 16.2. The Balaban J connectivity index is 2.76. The Bertz CT molecular complexity index is 416. The lowest BCUT2D eigenvalue weighted by Crippen LogP contribution is -2.35. The number of carbonyl (C=O) groups is 1. The number of rotatable bonds is 5. The molecule has 0 aliphatic carbocycles. The summed E-state index contributed by atoms with van der Waals surface area (Å²) in [6.45, 7) is 4.00. The number of anilines is 2. The van der Waals surface area contributed by atoms with Crippen molar-refractivity contribution < 1.29 is 4.79 Å². The van der Waals surface area contributed by atoms with Crippen molar-refractivity contribution in [2.75, 3.05) is 24.3 Å². The fourth-order valence-electron chi connectivity index (χ4n) is 1.73. The van der Waals surface area contributed by atoms with Crippen LogP contribution in [0.1, 0.15) is 25.3 Å². The molecule has 0 saturated heterocycles. The lowest BCUT2D eigenvalue weighted by molar-refractivity contribution is -0.117. The number of nitrogens with zero attached hydrogens (tertiary/aromatic N) is 1. The highest BCUT2D eigenvalue weighted by Crippen LogP contribution is 2.21. The second-order valence-corrected chi connectivity index (χ2v) is 4.78. The van der Waals surface area contributed by atoms with E-state index in [9.17, 15) is 4.79 Å². The first kappa shape index (κ1) is 14.5. The molecule has 1 rings (SSSR count). The van der Waals surface area contributed by atoms with Crippen LogP contribution >= 0.6 is 0 Å². The summed E-state index contributed by atoms with van der Waals surface area (Å²) in [5.41, 5.74) is 8.77. The first-order valence-corrected chi connectivity index (χ1v) is 6.30. The van der Waals surface area contributed by atoms with Gasteiger partial charge < -0.3 is 16.0 Å². The van der Waals surface area contributed by atoms with Gasteiger partial charge in [0.2, 0.25) is 5.91 Å². The second-order valence-electron chi connectivity index (χ2n) is 4.78. The van der Waals surface area contributed by atoms with Gasteiger partial charge in [0.25, 0.3) is 0 Å². The van der Waals surface area contributed by atoms with Gasteiger partial charge in [0.05, 0.1) is 6.04 Å². The van der Waals surface area contributed by atoms with E-state index in [0.717, 1.165) is 23.4 Å². The zero-order valence-corrected chi connectivity index (χ0v) is 11.7. The van der Waals surface area contributed by atoms with E-state index in [1.54, 1.807) is 0 Å². The number of amides is 1. The fraction of sp³-hybridized carbons (Fsp3) is 0.500. The van der Waals surface area contributed by atoms with Crippen LogP contribution in [0.5, 0.6) is 0 Å². The normalized spacial score (nSPS) is 12.1. The minimum atomic E-state index is -0.428. The molecule has 18 heavy (non-hydrogen) atoms. The molecule has 0 spiro atoms. The van der Waals surface area contributed by atoms with Gasteiger partial charge in [-0.3, -0.25) is 4.79 Å². The molecule has 3 N–H and O–H groups in total. The number of carbonyl (C=O) groups excluding carboxylic acids is 1. The third kappa shape index (κ3) is 3.74. The lowest BCUT2D eigenvalue weighted by atomic mass is 10.1. The maximum atomic E-state index is 11.8. The Morgan fingerprint density at radius 2 is 2.11 bits per heavy atom. The summed E-state index contributed by atoms with van der Waals surface area (Å²) < 4.78 is 0. The molecule has 4 nitrogen and oxygen atoms in total. The average Bonchev–Trinajstić information content (AvgIpc) is 2.31. The van der Waals surface area contributed by atoms with Crippen molar-refractivity contribution in [3.63, 3.8) is 0 Å². The molecular formula is C14H23N3O. The molecule has 0 saturated carbocycles. The number of benzene rings is 1. The molecule has 0 heterocycles. The topological polar surface area (TPSA) is 58.4 Å². The van der Waals surface area contributed by atoms with Crippen LogP contribution in [0.15, 0.2) is 18.2 Å². The number of hydrogen-bond donors (Lipinski definition) is 2. The highest BCUT2D eigenvalue weighted by Gasteiger charge is 2.13. The second kappa shape index (κ2) is 6.40. The zero-order valence-electron chi connectivity index (χ0n) is 11.7. The first-order chi connectivity index (χ1) is 8.45. The number of nitrogens with one attached hydrogen (secondary N) is 1. The van der Waals surface area contributed by atoms with Crippen molar-refractivity contribution in [1.82, 2.24) is 0 Å². The molecule has 0 aliphatic heterocycles. The van der Waals surface area contributed by atoms with Crippen molar-refractivity contribution in [3.05, 3.63) is 23.8 Å². The van der Waals surface area contributed by atoms with Gasteiger partial charge in [-0.15, -0.1) is 0 Å². The predicted molar refractivity (Wildman–Crippen MR) is 77.0 cm³/mol. The minimum absolute atomic E-state index is 0.113. The quantitative estimate of drug-likeness (QED) is 0.840. The van der Waals surface area contributed by atoms with Crippen LogP contribution in [-0.2, 0) is 4.79 Å². The molecule has 1 amide bonds. The van der Waals surface area contributed by atoms with Gasteiger partial charge >= 0.3 is 0 Å². The zero-order chi connectivity index (χ0) is 13.7. The van der Waals surface area contributed by atoms with E-state index in [2.05, 4.69) is 5.32 Å². The summed E-state index contributed by atoms with van der Waals surface area (Å²) >= 11 is 0. The lowest BCUT2D eigenvalue weighted by Gasteiger charge is -2.17.